The smallest absolute Gasteiger partial charge is 0.408 e. The molecule has 1 aromatic heterocycles. The molecule has 158 valence electrons. The topological polar surface area (TPSA) is 77.5 Å². The zero-order valence-corrected chi connectivity index (χ0v) is 17.4. The zero-order valence-electron chi connectivity index (χ0n) is 17.4. The minimum Gasteiger partial charge on any atom is -0.461 e. The van der Waals surface area contributed by atoms with Crippen LogP contribution >= 0.6 is 0 Å². The quantitative estimate of drug-likeness (QED) is 0.594. The molecule has 1 atom stereocenters. The Morgan fingerprint density at radius 2 is 1.55 bits per heavy atom. The molecule has 1 heterocycles. The normalized spacial score (nSPS) is 13.3. The van der Waals surface area contributed by atoms with Gasteiger partial charge in [0.15, 0.2) is 6.04 Å². The molecule has 1 amide bonds. The van der Waals surface area contributed by atoms with Gasteiger partial charge in [-0.25, -0.2) is 9.59 Å². The number of amides is 1. The van der Waals surface area contributed by atoms with Crippen LogP contribution in [0.5, 0.6) is 0 Å². The van der Waals surface area contributed by atoms with Gasteiger partial charge in [-0.3, -0.25) is 4.98 Å². The van der Waals surface area contributed by atoms with Crippen molar-refractivity contribution in [3.05, 3.63) is 89.7 Å². The highest BCUT2D eigenvalue weighted by molar-refractivity contribution is 5.83. The Morgan fingerprint density at radius 3 is 2.13 bits per heavy atom. The van der Waals surface area contributed by atoms with Gasteiger partial charge in [-0.2, -0.15) is 0 Å². The molecule has 0 bridgehead atoms. The van der Waals surface area contributed by atoms with E-state index in [1.54, 1.807) is 38.2 Å². The van der Waals surface area contributed by atoms with Crippen molar-refractivity contribution in [3.8, 4) is 11.1 Å². The predicted molar refractivity (Wildman–Crippen MR) is 116 cm³/mol. The number of fused-ring (bicyclic) bond motifs is 3. The van der Waals surface area contributed by atoms with E-state index in [0.29, 0.717) is 5.69 Å². The average Bonchev–Trinajstić information content (AvgIpc) is 3.10. The Labute approximate surface area is 181 Å². The predicted octanol–water partition coefficient (Wildman–Crippen LogP) is 4.61. The van der Waals surface area contributed by atoms with Crippen LogP contribution in [0.2, 0.25) is 0 Å². The monoisotopic (exact) mass is 416 g/mol. The van der Waals surface area contributed by atoms with Crippen molar-refractivity contribution in [3.63, 3.8) is 0 Å². The first kappa shape index (κ1) is 20.6. The molecule has 1 aliphatic carbocycles. The number of pyridine rings is 1. The van der Waals surface area contributed by atoms with Crippen molar-refractivity contribution in [2.24, 2.45) is 0 Å². The molecule has 1 unspecified atom stereocenters. The summed E-state index contributed by atoms with van der Waals surface area (Å²) in [5, 5.41) is 2.61. The van der Waals surface area contributed by atoms with E-state index in [9.17, 15) is 9.59 Å². The van der Waals surface area contributed by atoms with Gasteiger partial charge >= 0.3 is 12.1 Å². The van der Waals surface area contributed by atoms with Gasteiger partial charge in [-0.15, -0.1) is 0 Å². The third-order valence-electron chi connectivity index (χ3n) is 5.18. The van der Waals surface area contributed by atoms with Crippen LogP contribution in [0.15, 0.2) is 72.9 Å². The number of nitrogens with zero attached hydrogens (tertiary/aromatic N) is 1. The van der Waals surface area contributed by atoms with Crippen LogP contribution in [0.1, 0.15) is 42.6 Å². The van der Waals surface area contributed by atoms with Crippen molar-refractivity contribution in [1.82, 2.24) is 10.3 Å². The first-order valence-electron chi connectivity index (χ1n) is 10.3. The van der Waals surface area contributed by atoms with Gasteiger partial charge in [0.05, 0.1) is 11.8 Å². The number of alkyl carbamates (subject to hydrolysis) is 1. The molecule has 2 aromatic carbocycles. The van der Waals surface area contributed by atoms with Gasteiger partial charge in [-0.1, -0.05) is 54.6 Å². The summed E-state index contributed by atoms with van der Waals surface area (Å²) in [5.74, 6) is -0.642. The van der Waals surface area contributed by atoms with E-state index in [-0.39, 0.29) is 18.6 Å². The molecule has 6 nitrogen and oxygen atoms in total. The number of esters is 1. The Hall–Kier alpha value is -3.67. The van der Waals surface area contributed by atoms with E-state index < -0.39 is 18.1 Å². The molecule has 4 rings (SSSR count). The first-order chi connectivity index (χ1) is 15.0. The molecule has 31 heavy (non-hydrogen) atoms. The Kier molecular flexibility index (Phi) is 5.98. The van der Waals surface area contributed by atoms with E-state index in [1.165, 1.54) is 0 Å². The summed E-state index contributed by atoms with van der Waals surface area (Å²) in [6.45, 7) is 3.66. The number of aromatic nitrogens is 1. The highest BCUT2D eigenvalue weighted by atomic mass is 16.6. The van der Waals surface area contributed by atoms with E-state index in [1.807, 2.05) is 24.3 Å². The third-order valence-corrected chi connectivity index (χ3v) is 5.18. The summed E-state index contributed by atoms with van der Waals surface area (Å²) in [4.78, 5) is 29.4. The molecule has 0 saturated carbocycles. The van der Waals surface area contributed by atoms with E-state index >= 15 is 0 Å². The molecule has 1 aliphatic rings. The lowest BCUT2D eigenvalue weighted by Crippen LogP contribution is -2.37. The van der Waals surface area contributed by atoms with Crippen LogP contribution in [0.25, 0.3) is 11.1 Å². The molecule has 0 fully saturated rings. The average molecular weight is 416 g/mol. The number of rotatable bonds is 6. The second-order valence-electron chi connectivity index (χ2n) is 7.64. The summed E-state index contributed by atoms with van der Waals surface area (Å²) in [7, 11) is 0. The highest BCUT2D eigenvalue weighted by Gasteiger charge is 2.31. The summed E-state index contributed by atoms with van der Waals surface area (Å²) in [6.07, 6.45) is 0.547. The van der Waals surface area contributed by atoms with Gasteiger partial charge < -0.3 is 14.8 Å². The molecular weight excluding hydrogens is 392 g/mol. The minimum absolute atomic E-state index is 0.0611. The summed E-state index contributed by atoms with van der Waals surface area (Å²) < 4.78 is 10.9. The van der Waals surface area contributed by atoms with Crippen molar-refractivity contribution in [2.45, 2.75) is 31.9 Å². The second kappa shape index (κ2) is 9.00. The molecule has 0 aliphatic heterocycles. The van der Waals surface area contributed by atoms with Gasteiger partial charge in [0.25, 0.3) is 0 Å². The van der Waals surface area contributed by atoms with Gasteiger partial charge in [0.2, 0.25) is 0 Å². The second-order valence-corrected chi connectivity index (χ2v) is 7.64. The lowest BCUT2D eigenvalue weighted by Gasteiger charge is -2.20. The molecule has 3 aromatic rings. The summed E-state index contributed by atoms with van der Waals surface area (Å²) >= 11 is 0. The lowest BCUT2D eigenvalue weighted by atomic mass is 9.98. The van der Waals surface area contributed by atoms with Crippen LogP contribution in [-0.4, -0.2) is 29.8 Å². The largest absolute Gasteiger partial charge is 0.461 e. The molecular formula is C25H24N2O4. The van der Waals surface area contributed by atoms with Crippen molar-refractivity contribution in [2.75, 3.05) is 6.61 Å². The van der Waals surface area contributed by atoms with Gasteiger partial charge in [-0.05, 0) is 48.2 Å². The van der Waals surface area contributed by atoms with Crippen molar-refractivity contribution in [1.29, 1.82) is 0 Å². The van der Waals surface area contributed by atoms with Crippen molar-refractivity contribution >= 4 is 12.1 Å². The van der Waals surface area contributed by atoms with Crippen LogP contribution in [0, 0.1) is 0 Å². The van der Waals surface area contributed by atoms with E-state index in [2.05, 4.69) is 34.6 Å². The number of hydrogen-bond donors (Lipinski definition) is 1. The maximum Gasteiger partial charge on any atom is 0.408 e. The fraction of sp³-hybridized carbons (Fsp3) is 0.240. The third kappa shape index (κ3) is 4.43. The molecule has 6 heteroatoms. The first-order valence-corrected chi connectivity index (χ1v) is 10.3. The fourth-order valence-electron chi connectivity index (χ4n) is 3.86. The van der Waals surface area contributed by atoms with Crippen LogP contribution in [0.3, 0.4) is 0 Å². The minimum atomic E-state index is -1.04. The van der Waals surface area contributed by atoms with Gasteiger partial charge in [0, 0.05) is 12.1 Å². The number of nitrogens with one attached hydrogen (secondary N) is 1. The zero-order chi connectivity index (χ0) is 21.8. The Balaban J connectivity index is 1.48. The summed E-state index contributed by atoms with van der Waals surface area (Å²) in [6, 6.07) is 20.3. The Bertz CT molecular complexity index is 1040. The number of ether oxygens (including phenoxy) is 2. The molecule has 1 N–H and O–H groups in total. The Morgan fingerprint density at radius 1 is 0.935 bits per heavy atom. The molecule has 0 radical (unpaired) electrons. The van der Waals surface area contributed by atoms with E-state index in [4.69, 9.17) is 9.47 Å². The highest BCUT2D eigenvalue weighted by Crippen LogP contribution is 2.44. The SMILES string of the molecule is CC(C)OC(=O)C(NC(=O)OCC1c2ccccc2-c2ccccc21)c1ccccn1. The lowest BCUT2D eigenvalue weighted by molar-refractivity contribution is -0.150. The van der Waals surface area contributed by atoms with Crippen LogP contribution in [0.4, 0.5) is 4.79 Å². The maximum absolute atomic E-state index is 12.6. The van der Waals surface area contributed by atoms with Crippen LogP contribution < -0.4 is 5.32 Å². The standard InChI is InChI=1S/C25H24N2O4/c1-16(2)31-24(28)23(22-13-7-8-14-26-22)27-25(29)30-15-21-19-11-5-3-9-17(19)18-10-4-6-12-20(18)21/h3-14,16,21,23H,15H2,1-2H3,(H,27,29). The van der Waals surface area contributed by atoms with Crippen LogP contribution in [-0.2, 0) is 14.3 Å². The van der Waals surface area contributed by atoms with Crippen molar-refractivity contribution < 1.29 is 19.1 Å². The summed E-state index contributed by atoms with van der Waals surface area (Å²) in [5.41, 5.74) is 4.94. The number of carbonyl (C=O) groups is 2. The van der Waals surface area contributed by atoms with E-state index in [0.717, 1.165) is 22.3 Å². The number of carbonyl (C=O) groups excluding carboxylic acids is 2. The molecule has 0 spiro atoms. The number of benzene rings is 2. The fourth-order valence-corrected chi connectivity index (χ4v) is 3.86. The number of hydrogen-bond acceptors (Lipinski definition) is 5. The maximum atomic E-state index is 12.6. The molecule has 0 saturated heterocycles. The van der Waals surface area contributed by atoms with Gasteiger partial charge in [0.1, 0.15) is 6.61 Å².